The second-order valence-electron chi connectivity index (χ2n) is 8.23. The summed E-state index contributed by atoms with van der Waals surface area (Å²) in [5, 5.41) is 1.63. The summed E-state index contributed by atoms with van der Waals surface area (Å²) in [5.41, 5.74) is 1.68. The third-order valence-electron chi connectivity index (χ3n) is 5.67. The smallest absolute Gasteiger partial charge is 0.748 e. The molecule has 2 aromatic carbocycles. The average Bonchev–Trinajstić information content (AvgIpc) is 3.34. The predicted octanol–water partition coefficient (Wildman–Crippen LogP) is -0.00870. The van der Waals surface area contributed by atoms with E-state index in [1.807, 2.05) is 51.9 Å². The maximum absolute atomic E-state index is 11.2. The summed E-state index contributed by atoms with van der Waals surface area (Å²) in [7, 11) is -5.58. The second-order valence-corrected chi connectivity index (χ2v) is 13.4. The summed E-state index contributed by atoms with van der Waals surface area (Å²) < 4.78 is 80.8. The Balaban J connectivity index is 0.00000400. The standard InChI is InChI=1S/C23H26N2O8S4.K/c1-32-16-5-7-20-18(13-16)24(9-3-11-36(26,27)28)22(34-20)15-23-25(10-4-12-37(29,30)31)19-14-17(33-2)6-8-21(19)35-23;/h5-8,13-15H,3-4,9-12H2,1-2H3,(H-,26,27,28,29,30,31);/q;+1/p-1. The van der Waals surface area contributed by atoms with Gasteiger partial charge in [0.25, 0.3) is 5.01 Å². The molecule has 38 heavy (non-hydrogen) atoms. The fraction of sp³-hybridized carbons (Fsp3) is 0.348. The van der Waals surface area contributed by atoms with Crippen molar-refractivity contribution in [2.45, 2.75) is 24.3 Å². The van der Waals surface area contributed by atoms with Crippen molar-refractivity contribution in [1.29, 1.82) is 0 Å². The molecule has 0 fully saturated rings. The second kappa shape index (κ2) is 13.3. The first-order valence-corrected chi connectivity index (χ1v) is 16.0. The number of thioether (sulfide) groups is 1. The van der Waals surface area contributed by atoms with Crippen LogP contribution in [-0.2, 0) is 26.8 Å². The number of benzene rings is 2. The number of aromatic nitrogens is 1. The van der Waals surface area contributed by atoms with Crippen molar-refractivity contribution in [3.63, 3.8) is 0 Å². The normalized spacial score (nSPS) is 14.5. The molecule has 200 valence electrons. The molecule has 3 aromatic rings. The third-order valence-corrected chi connectivity index (χ3v) is 9.48. The Morgan fingerprint density at radius 1 is 0.947 bits per heavy atom. The van der Waals surface area contributed by atoms with Crippen molar-refractivity contribution in [2.75, 3.05) is 37.2 Å². The zero-order chi connectivity index (χ0) is 26.8. The van der Waals surface area contributed by atoms with Gasteiger partial charge in [-0.05, 0) is 30.7 Å². The number of ether oxygens (including phenoxy) is 2. The first kappa shape index (κ1) is 31.8. The minimum atomic E-state index is -4.35. The number of hydrogen-bond donors (Lipinski definition) is 0. The van der Waals surface area contributed by atoms with Crippen molar-refractivity contribution in [3.8, 4) is 11.5 Å². The summed E-state index contributed by atoms with van der Waals surface area (Å²) in [6.45, 7) is 0.598. The van der Waals surface area contributed by atoms with Crippen molar-refractivity contribution in [3.05, 3.63) is 46.4 Å². The van der Waals surface area contributed by atoms with Crippen molar-refractivity contribution < 1.29 is 91.4 Å². The molecule has 1 aromatic heterocycles. The van der Waals surface area contributed by atoms with Gasteiger partial charge in [-0.2, -0.15) is 4.57 Å². The summed E-state index contributed by atoms with van der Waals surface area (Å²) in [5.74, 6) is 0.329. The number of methoxy groups -OCH3 is 2. The van der Waals surface area contributed by atoms with E-state index in [2.05, 4.69) is 0 Å². The Morgan fingerprint density at radius 3 is 2.24 bits per heavy atom. The Morgan fingerprint density at radius 2 is 1.58 bits per heavy atom. The Labute approximate surface area is 272 Å². The molecule has 4 rings (SSSR count). The van der Waals surface area contributed by atoms with Crippen molar-refractivity contribution in [1.82, 2.24) is 0 Å². The van der Waals surface area contributed by atoms with Crippen LogP contribution in [0.15, 0.2) is 46.3 Å². The van der Waals surface area contributed by atoms with Crippen LogP contribution in [0.3, 0.4) is 0 Å². The minimum Gasteiger partial charge on any atom is -0.748 e. The summed E-state index contributed by atoms with van der Waals surface area (Å²) >= 11 is 2.99. The molecule has 0 N–H and O–H groups in total. The molecule has 0 amide bonds. The first-order chi connectivity index (χ1) is 17.5. The van der Waals surface area contributed by atoms with E-state index < -0.39 is 31.7 Å². The quantitative estimate of drug-likeness (QED) is 0.163. The van der Waals surface area contributed by atoms with Crippen molar-refractivity contribution in [2.24, 2.45) is 0 Å². The zero-order valence-corrected chi connectivity index (χ0v) is 27.5. The molecule has 0 radical (unpaired) electrons. The molecule has 1 aliphatic heterocycles. The van der Waals surface area contributed by atoms with Crippen LogP contribution in [0, 0.1) is 0 Å². The van der Waals surface area contributed by atoms with Gasteiger partial charge >= 0.3 is 51.4 Å². The van der Waals surface area contributed by atoms with E-state index >= 15 is 0 Å². The number of hydrogen-bond acceptors (Lipinski definition) is 11. The number of rotatable bonds is 11. The zero-order valence-electron chi connectivity index (χ0n) is 21.1. The Bertz CT molecular complexity index is 1550. The van der Waals surface area contributed by atoms with Crippen LogP contribution in [0.1, 0.15) is 17.8 Å². The molecule has 0 spiro atoms. The Hall–Kier alpha value is -0.724. The first-order valence-electron chi connectivity index (χ1n) is 11.2. The van der Waals surface area contributed by atoms with E-state index in [9.17, 15) is 25.9 Å². The fourth-order valence-corrected chi connectivity index (χ4v) is 7.25. The number of nitrogens with zero attached hydrogens (tertiary/aromatic N) is 2. The predicted molar refractivity (Wildman–Crippen MR) is 141 cm³/mol. The van der Waals surface area contributed by atoms with Crippen LogP contribution in [0.5, 0.6) is 11.5 Å². The maximum atomic E-state index is 11.2. The number of anilines is 1. The molecule has 1 aliphatic rings. The molecule has 0 saturated carbocycles. The van der Waals surface area contributed by atoms with E-state index in [1.54, 1.807) is 14.2 Å². The summed E-state index contributed by atoms with van der Waals surface area (Å²) in [4.78, 5) is 2.90. The minimum absolute atomic E-state index is 0. The summed E-state index contributed by atoms with van der Waals surface area (Å²) in [6.07, 6.45) is 2.24. The van der Waals surface area contributed by atoms with Crippen LogP contribution in [0.4, 0.5) is 5.69 Å². The molecular formula is C23H25KN2O8S4. The van der Waals surface area contributed by atoms with Crippen LogP contribution in [0.2, 0.25) is 0 Å². The van der Waals surface area contributed by atoms with Crippen LogP contribution < -0.4 is 70.3 Å². The van der Waals surface area contributed by atoms with E-state index in [0.29, 0.717) is 24.6 Å². The monoisotopic (exact) mass is 624 g/mol. The Kier molecular flexibility index (Phi) is 11.1. The molecule has 0 unspecified atom stereocenters. The topological polar surface area (TPSA) is 140 Å². The van der Waals surface area contributed by atoms with Crippen LogP contribution in [-0.4, -0.2) is 58.2 Å². The van der Waals surface area contributed by atoms with Gasteiger partial charge in [0, 0.05) is 35.4 Å². The largest absolute Gasteiger partial charge is 1.00 e. The van der Waals surface area contributed by atoms with Gasteiger partial charge in [-0.25, -0.2) is 16.8 Å². The van der Waals surface area contributed by atoms with E-state index in [0.717, 1.165) is 30.8 Å². The molecule has 15 heteroatoms. The SMILES string of the molecule is COc1ccc2c(c1)N(CCCS(=O)(=O)[O-])C(=Cc1sc3ccc(OC)cc3[n+]1CCCS(=O)(=O)[O-])S2.[K+]. The number of fused-ring (bicyclic) bond motifs is 2. The van der Waals surface area contributed by atoms with Crippen LogP contribution >= 0.6 is 23.1 Å². The molecule has 0 aliphatic carbocycles. The molecule has 0 bridgehead atoms. The van der Waals surface area contributed by atoms with Gasteiger partial charge in [0.05, 0.1) is 57.3 Å². The molecule has 2 heterocycles. The van der Waals surface area contributed by atoms with Crippen LogP contribution in [0.25, 0.3) is 16.3 Å². The molecule has 0 saturated heterocycles. The van der Waals surface area contributed by atoms with Gasteiger partial charge in [0.15, 0.2) is 6.54 Å². The van der Waals surface area contributed by atoms with E-state index in [-0.39, 0.29) is 64.2 Å². The average molecular weight is 625 g/mol. The van der Waals surface area contributed by atoms with Gasteiger partial charge < -0.3 is 23.5 Å². The molecular weight excluding hydrogens is 600 g/mol. The van der Waals surface area contributed by atoms with E-state index in [4.69, 9.17) is 9.47 Å². The van der Waals surface area contributed by atoms with Gasteiger partial charge in [-0.15, -0.1) is 0 Å². The number of thiazole rings is 1. The molecule has 0 atom stereocenters. The van der Waals surface area contributed by atoms with Gasteiger partial charge in [-0.3, -0.25) is 0 Å². The van der Waals surface area contributed by atoms with Gasteiger partial charge in [0.1, 0.15) is 16.2 Å². The summed E-state index contributed by atoms with van der Waals surface area (Å²) in [6, 6.07) is 11.2. The number of aryl methyl sites for hydroxylation is 1. The maximum Gasteiger partial charge on any atom is 1.00 e. The van der Waals surface area contributed by atoms with Crippen molar-refractivity contribution >= 4 is 65.3 Å². The van der Waals surface area contributed by atoms with Gasteiger partial charge in [0.2, 0.25) is 5.52 Å². The third kappa shape index (κ3) is 8.16. The van der Waals surface area contributed by atoms with E-state index in [1.165, 1.54) is 23.1 Å². The molecule has 10 nitrogen and oxygen atoms in total. The van der Waals surface area contributed by atoms with Gasteiger partial charge in [-0.1, -0.05) is 23.1 Å². The fourth-order valence-electron chi connectivity index (χ4n) is 4.00.